The Morgan fingerprint density at radius 3 is 2.71 bits per heavy atom. The highest BCUT2D eigenvalue weighted by Gasteiger charge is 2.34. The second-order valence-corrected chi connectivity index (χ2v) is 6.71. The van der Waals surface area contributed by atoms with Gasteiger partial charge in [-0.3, -0.25) is 16.0 Å². The predicted octanol–water partition coefficient (Wildman–Crippen LogP) is 3.47. The van der Waals surface area contributed by atoms with Crippen LogP contribution >= 0.6 is 0 Å². The lowest BCUT2D eigenvalue weighted by Crippen LogP contribution is -2.34. The Balaban J connectivity index is 2.25. The van der Waals surface area contributed by atoms with E-state index in [0.29, 0.717) is 5.92 Å². The number of nitro groups is 1. The minimum Gasteiger partial charge on any atom is -0.483 e. The molecule has 1 saturated carbocycles. The van der Waals surface area contributed by atoms with Crippen LogP contribution in [0.25, 0.3) is 0 Å². The Morgan fingerprint density at radius 1 is 1.43 bits per heavy atom. The molecule has 1 aliphatic carbocycles. The summed E-state index contributed by atoms with van der Waals surface area (Å²) in [6, 6.07) is 4.90. The van der Waals surface area contributed by atoms with Crippen molar-refractivity contribution in [1.82, 2.24) is 0 Å². The number of para-hydroxylation sites is 1. The second-order valence-electron chi connectivity index (χ2n) is 6.71. The third-order valence-electron chi connectivity index (χ3n) is 3.98. The molecule has 6 nitrogen and oxygen atoms in total. The van der Waals surface area contributed by atoms with Gasteiger partial charge in [-0.05, 0) is 42.7 Å². The molecule has 2 rings (SSSR count). The van der Waals surface area contributed by atoms with Crippen LogP contribution in [-0.4, -0.2) is 11.0 Å². The third kappa shape index (κ3) is 3.64. The van der Waals surface area contributed by atoms with Crippen molar-refractivity contribution in [3.63, 3.8) is 0 Å². The molecule has 116 valence electrons. The number of ether oxygens (including phenoxy) is 1. The number of nitrogens with one attached hydrogen (secondary N) is 1. The van der Waals surface area contributed by atoms with Gasteiger partial charge in [0.15, 0.2) is 5.75 Å². The summed E-state index contributed by atoms with van der Waals surface area (Å²) in [5.74, 6) is 6.18. The van der Waals surface area contributed by atoms with Crippen LogP contribution in [0.2, 0.25) is 0 Å². The minimum absolute atomic E-state index is 0.00419. The van der Waals surface area contributed by atoms with Crippen LogP contribution in [0.4, 0.5) is 11.4 Å². The first-order chi connectivity index (χ1) is 9.82. The van der Waals surface area contributed by atoms with Gasteiger partial charge in [0.05, 0.1) is 11.0 Å². The van der Waals surface area contributed by atoms with Gasteiger partial charge >= 0.3 is 5.69 Å². The summed E-state index contributed by atoms with van der Waals surface area (Å²) in [5, 5.41) is 11.3. The molecule has 2 atom stereocenters. The first kappa shape index (κ1) is 15.6. The van der Waals surface area contributed by atoms with Gasteiger partial charge in [0.25, 0.3) is 0 Å². The van der Waals surface area contributed by atoms with E-state index >= 15 is 0 Å². The summed E-state index contributed by atoms with van der Waals surface area (Å²) in [4.78, 5) is 10.8. The van der Waals surface area contributed by atoms with E-state index in [1.165, 1.54) is 0 Å². The zero-order valence-corrected chi connectivity index (χ0v) is 12.8. The number of anilines is 1. The lowest BCUT2D eigenvalue weighted by molar-refractivity contribution is -0.385. The zero-order valence-electron chi connectivity index (χ0n) is 12.8. The van der Waals surface area contributed by atoms with E-state index in [1.54, 1.807) is 18.2 Å². The molecule has 1 aromatic carbocycles. The summed E-state index contributed by atoms with van der Waals surface area (Å²) in [6.07, 6.45) is 2.96. The SMILES string of the molecule is CC1CC(Oc2cccc(NN)c2[N+](=O)[O-])CC(C)(C)C1. The van der Waals surface area contributed by atoms with Gasteiger partial charge in [-0.15, -0.1) is 0 Å². The van der Waals surface area contributed by atoms with Crippen molar-refractivity contribution in [2.24, 2.45) is 17.2 Å². The number of rotatable bonds is 4. The number of nitrogens with zero attached hydrogens (tertiary/aromatic N) is 1. The molecule has 21 heavy (non-hydrogen) atoms. The summed E-state index contributed by atoms with van der Waals surface area (Å²) >= 11 is 0. The number of nitro benzene ring substituents is 1. The molecule has 1 aromatic rings. The molecular weight excluding hydrogens is 270 g/mol. The maximum Gasteiger partial charge on any atom is 0.335 e. The number of hydrazine groups is 1. The lowest BCUT2D eigenvalue weighted by atomic mass is 9.71. The lowest BCUT2D eigenvalue weighted by Gasteiger charge is -2.38. The van der Waals surface area contributed by atoms with E-state index in [4.69, 9.17) is 10.6 Å². The van der Waals surface area contributed by atoms with E-state index in [9.17, 15) is 10.1 Å². The van der Waals surface area contributed by atoms with Gasteiger partial charge in [-0.2, -0.15) is 0 Å². The van der Waals surface area contributed by atoms with Gasteiger partial charge in [-0.1, -0.05) is 26.8 Å². The molecule has 0 radical (unpaired) electrons. The molecule has 3 N–H and O–H groups in total. The number of nitrogen functional groups attached to an aromatic ring is 1. The highest BCUT2D eigenvalue weighted by molar-refractivity contribution is 5.67. The smallest absolute Gasteiger partial charge is 0.335 e. The summed E-state index contributed by atoms with van der Waals surface area (Å²) < 4.78 is 5.96. The number of benzene rings is 1. The third-order valence-corrected chi connectivity index (χ3v) is 3.98. The van der Waals surface area contributed by atoms with Crippen molar-refractivity contribution in [2.75, 3.05) is 5.43 Å². The van der Waals surface area contributed by atoms with Crippen molar-refractivity contribution in [1.29, 1.82) is 0 Å². The topological polar surface area (TPSA) is 90.4 Å². The number of hydrogen-bond acceptors (Lipinski definition) is 5. The first-order valence-corrected chi connectivity index (χ1v) is 7.23. The van der Waals surface area contributed by atoms with E-state index in [0.717, 1.165) is 19.3 Å². The van der Waals surface area contributed by atoms with Crippen LogP contribution in [0, 0.1) is 21.4 Å². The fraction of sp³-hybridized carbons (Fsp3) is 0.600. The average Bonchev–Trinajstić information content (AvgIpc) is 2.35. The van der Waals surface area contributed by atoms with Crippen molar-refractivity contribution < 1.29 is 9.66 Å². The number of hydrogen-bond donors (Lipinski definition) is 2. The second kappa shape index (κ2) is 5.89. The van der Waals surface area contributed by atoms with Crippen LogP contribution in [0.3, 0.4) is 0 Å². The zero-order chi connectivity index (χ0) is 15.6. The van der Waals surface area contributed by atoms with E-state index in [2.05, 4.69) is 26.2 Å². The normalized spacial score (nSPS) is 24.4. The highest BCUT2D eigenvalue weighted by Crippen LogP contribution is 2.42. The van der Waals surface area contributed by atoms with Crippen molar-refractivity contribution in [3.05, 3.63) is 28.3 Å². The number of nitrogens with two attached hydrogens (primary N) is 1. The standard InChI is InChI=1S/C15H23N3O3/c1-10-7-11(9-15(2,3)8-10)21-13-6-4-5-12(17-16)14(13)18(19)20/h4-6,10-11,17H,7-9,16H2,1-3H3. The Hall–Kier alpha value is -1.82. The largest absolute Gasteiger partial charge is 0.483 e. The van der Waals surface area contributed by atoms with Crippen molar-refractivity contribution in [2.45, 2.75) is 46.1 Å². The summed E-state index contributed by atoms with van der Waals surface area (Å²) in [5.41, 5.74) is 2.72. The Morgan fingerprint density at radius 2 is 2.14 bits per heavy atom. The van der Waals surface area contributed by atoms with Crippen LogP contribution in [0.1, 0.15) is 40.0 Å². The van der Waals surface area contributed by atoms with Gasteiger partial charge < -0.3 is 10.2 Å². The Labute approximate surface area is 124 Å². The van der Waals surface area contributed by atoms with Crippen molar-refractivity contribution >= 4 is 11.4 Å². The molecule has 0 bridgehead atoms. The van der Waals surface area contributed by atoms with Crippen molar-refractivity contribution in [3.8, 4) is 5.75 Å². The van der Waals surface area contributed by atoms with Gasteiger partial charge in [0.1, 0.15) is 5.69 Å². The molecule has 0 saturated heterocycles. The minimum atomic E-state index is -0.456. The summed E-state index contributed by atoms with van der Waals surface area (Å²) in [7, 11) is 0. The predicted molar refractivity (Wildman–Crippen MR) is 82.1 cm³/mol. The maximum absolute atomic E-state index is 11.3. The molecule has 0 spiro atoms. The fourth-order valence-electron chi connectivity index (χ4n) is 3.45. The van der Waals surface area contributed by atoms with E-state index in [-0.39, 0.29) is 28.6 Å². The Bertz CT molecular complexity index is 531. The molecular formula is C15H23N3O3. The Kier molecular flexibility index (Phi) is 4.37. The molecule has 2 unspecified atom stereocenters. The first-order valence-electron chi connectivity index (χ1n) is 7.23. The molecule has 0 aromatic heterocycles. The van der Waals surface area contributed by atoms with Crippen LogP contribution < -0.4 is 16.0 Å². The quantitative estimate of drug-likeness (QED) is 0.504. The molecule has 0 amide bonds. The van der Waals surface area contributed by atoms with Crippen LogP contribution in [0.15, 0.2) is 18.2 Å². The van der Waals surface area contributed by atoms with Crippen LogP contribution in [-0.2, 0) is 0 Å². The summed E-state index contributed by atoms with van der Waals surface area (Å²) in [6.45, 7) is 6.63. The van der Waals surface area contributed by atoms with E-state index < -0.39 is 4.92 Å². The molecule has 0 aliphatic heterocycles. The molecule has 0 heterocycles. The molecule has 1 aliphatic rings. The highest BCUT2D eigenvalue weighted by atomic mass is 16.6. The molecule has 6 heteroatoms. The van der Waals surface area contributed by atoms with Gasteiger partial charge in [0.2, 0.25) is 0 Å². The van der Waals surface area contributed by atoms with Gasteiger partial charge in [-0.25, -0.2) is 0 Å². The van der Waals surface area contributed by atoms with Gasteiger partial charge in [0, 0.05) is 0 Å². The molecule has 1 fully saturated rings. The average molecular weight is 293 g/mol. The van der Waals surface area contributed by atoms with Crippen LogP contribution in [0.5, 0.6) is 5.75 Å². The fourth-order valence-corrected chi connectivity index (χ4v) is 3.45. The maximum atomic E-state index is 11.3. The van der Waals surface area contributed by atoms with E-state index in [1.807, 2.05) is 0 Å². The monoisotopic (exact) mass is 293 g/mol.